The van der Waals surface area contributed by atoms with E-state index in [1.807, 2.05) is 42.6 Å². The van der Waals surface area contributed by atoms with Crippen LogP contribution in [0.3, 0.4) is 0 Å². The zero-order chi connectivity index (χ0) is 23.7. The summed E-state index contributed by atoms with van der Waals surface area (Å²) in [7, 11) is 3.12. The summed E-state index contributed by atoms with van der Waals surface area (Å²) in [6.45, 7) is 0.359. The average Bonchev–Trinajstić information content (AvgIpc) is 3.29. The van der Waals surface area contributed by atoms with E-state index < -0.39 is 6.04 Å². The molecule has 0 bridgehead atoms. The average molecular weight is 458 g/mol. The number of hydrogen-bond acceptors (Lipinski definition) is 3. The second-order valence-electron chi connectivity index (χ2n) is 8.01. The number of methoxy groups -OCH3 is 2. The van der Waals surface area contributed by atoms with Crippen molar-refractivity contribution in [2.45, 2.75) is 12.6 Å². The number of nitrogens with one attached hydrogen (secondary N) is 1. The van der Waals surface area contributed by atoms with Gasteiger partial charge in [-0.1, -0.05) is 30.3 Å². The van der Waals surface area contributed by atoms with Crippen LogP contribution in [0, 0.1) is 5.82 Å². The smallest absolute Gasteiger partial charge is 0.323 e. The standard InChI is InChI=1S/C27H24FN3O3/c1-33-21-13-14-25(34-2)22(16-21)29-27(32)31-17-19-6-3-4-7-23(19)30-15-5-8-24(30)26(31)18-9-11-20(28)12-10-18/h3-16,26H,17H2,1-2H3,(H,29,32)/t26-/m1/s1. The third-order valence-electron chi connectivity index (χ3n) is 6.06. The maximum absolute atomic E-state index is 13.8. The number of anilines is 1. The van der Waals surface area contributed by atoms with E-state index in [0.717, 1.165) is 22.5 Å². The van der Waals surface area contributed by atoms with Gasteiger partial charge in [0, 0.05) is 18.0 Å². The molecule has 6 nitrogen and oxygen atoms in total. The predicted octanol–water partition coefficient (Wildman–Crippen LogP) is 5.77. The predicted molar refractivity (Wildman–Crippen MR) is 128 cm³/mol. The molecule has 3 aromatic carbocycles. The Hall–Kier alpha value is -4.26. The summed E-state index contributed by atoms with van der Waals surface area (Å²) in [6.07, 6.45) is 1.98. The first-order chi connectivity index (χ1) is 16.6. The molecule has 2 amide bonds. The summed E-state index contributed by atoms with van der Waals surface area (Å²) in [6, 6.07) is 22.7. The van der Waals surface area contributed by atoms with E-state index in [1.165, 1.54) is 12.1 Å². The van der Waals surface area contributed by atoms with E-state index >= 15 is 0 Å². The first kappa shape index (κ1) is 21.6. The molecule has 1 N–H and O–H groups in total. The Kier molecular flexibility index (Phi) is 5.67. The lowest BCUT2D eigenvalue weighted by molar-refractivity contribution is 0.194. The van der Waals surface area contributed by atoms with Crippen LogP contribution >= 0.6 is 0 Å². The molecule has 0 saturated carbocycles. The van der Waals surface area contributed by atoms with Gasteiger partial charge in [-0.15, -0.1) is 0 Å². The molecule has 0 fully saturated rings. The number of hydrogen-bond donors (Lipinski definition) is 1. The van der Waals surface area contributed by atoms with Crippen molar-refractivity contribution in [3.63, 3.8) is 0 Å². The van der Waals surface area contributed by atoms with E-state index in [0.29, 0.717) is 23.7 Å². The maximum Gasteiger partial charge on any atom is 0.323 e. The van der Waals surface area contributed by atoms with Gasteiger partial charge in [-0.25, -0.2) is 9.18 Å². The minimum atomic E-state index is -0.445. The third kappa shape index (κ3) is 3.85. The van der Waals surface area contributed by atoms with Gasteiger partial charge in [0.25, 0.3) is 0 Å². The molecule has 172 valence electrons. The SMILES string of the molecule is COc1ccc(OC)c(NC(=O)N2Cc3ccccc3-n3cccc3[C@H]2c2ccc(F)cc2)c1. The molecule has 5 rings (SSSR count). The van der Waals surface area contributed by atoms with Gasteiger partial charge in [0.2, 0.25) is 0 Å². The topological polar surface area (TPSA) is 55.7 Å². The number of amides is 2. The number of urea groups is 1. The number of para-hydroxylation sites is 1. The van der Waals surface area contributed by atoms with Crippen molar-refractivity contribution < 1.29 is 18.7 Å². The van der Waals surface area contributed by atoms with Crippen molar-refractivity contribution in [3.8, 4) is 17.2 Å². The van der Waals surface area contributed by atoms with Gasteiger partial charge in [-0.05, 0) is 53.6 Å². The summed E-state index contributed by atoms with van der Waals surface area (Å²) in [4.78, 5) is 15.6. The van der Waals surface area contributed by atoms with Crippen LogP contribution in [-0.2, 0) is 6.54 Å². The van der Waals surface area contributed by atoms with Gasteiger partial charge in [0.05, 0.1) is 38.2 Å². The largest absolute Gasteiger partial charge is 0.497 e. The number of carbonyl (C=O) groups excluding carboxylic acids is 1. The fourth-order valence-electron chi connectivity index (χ4n) is 4.43. The highest BCUT2D eigenvalue weighted by Crippen LogP contribution is 2.38. The van der Waals surface area contributed by atoms with Crippen LogP contribution in [0.2, 0.25) is 0 Å². The zero-order valence-electron chi connectivity index (χ0n) is 18.9. The monoisotopic (exact) mass is 457 g/mol. The number of fused-ring (bicyclic) bond motifs is 3. The van der Waals surface area contributed by atoms with Gasteiger partial charge < -0.3 is 24.3 Å². The molecular formula is C27H24FN3O3. The molecule has 0 radical (unpaired) electrons. The van der Waals surface area contributed by atoms with Gasteiger partial charge in [-0.3, -0.25) is 0 Å². The molecule has 7 heteroatoms. The van der Waals surface area contributed by atoms with Gasteiger partial charge in [-0.2, -0.15) is 0 Å². The van der Waals surface area contributed by atoms with Gasteiger partial charge in [0.1, 0.15) is 17.3 Å². The van der Waals surface area contributed by atoms with Crippen LogP contribution in [-0.4, -0.2) is 29.7 Å². The summed E-state index contributed by atoms with van der Waals surface area (Å²) < 4.78 is 26.6. The molecule has 0 unspecified atom stereocenters. The highest BCUT2D eigenvalue weighted by Gasteiger charge is 2.33. The Morgan fingerprint density at radius 3 is 2.53 bits per heavy atom. The van der Waals surface area contributed by atoms with Crippen LogP contribution in [0.15, 0.2) is 85.1 Å². The van der Waals surface area contributed by atoms with Crippen molar-refractivity contribution in [3.05, 3.63) is 108 Å². The summed E-state index contributed by atoms with van der Waals surface area (Å²) in [5, 5.41) is 3.00. The van der Waals surface area contributed by atoms with E-state index in [4.69, 9.17) is 9.47 Å². The Morgan fingerprint density at radius 2 is 1.76 bits per heavy atom. The first-order valence-corrected chi connectivity index (χ1v) is 10.9. The van der Waals surface area contributed by atoms with Crippen LogP contribution in [0.5, 0.6) is 11.5 Å². The zero-order valence-corrected chi connectivity index (χ0v) is 18.9. The minimum absolute atomic E-state index is 0.315. The van der Waals surface area contributed by atoms with Crippen molar-refractivity contribution >= 4 is 11.7 Å². The number of halogens is 1. The van der Waals surface area contributed by atoms with Crippen molar-refractivity contribution in [2.75, 3.05) is 19.5 Å². The number of nitrogens with zero attached hydrogens (tertiary/aromatic N) is 2. The van der Waals surface area contributed by atoms with E-state index in [2.05, 4.69) is 9.88 Å². The quantitative estimate of drug-likeness (QED) is 0.423. The number of rotatable bonds is 4. The molecule has 0 saturated heterocycles. The molecule has 0 spiro atoms. The van der Waals surface area contributed by atoms with Gasteiger partial charge in [0.15, 0.2) is 0 Å². The first-order valence-electron chi connectivity index (χ1n) is 10.9. The lowest BCUT2D eigenvalue weighted by Gasteiger charge is -2.31. The highest BCUT2D eigenvalue weighted by atomic mass is 19.1. The van der Waals surface area contributed by atoms with Crippen molar-refractivity contribution in [2.24, 2.45) is 0 Å². The Balaban J connectivity index is 1.62. The fourth-order valence-corrected chi connectivity index (χ4v) is 4.43. The van der Waals surface area contributed by atoms with Gasteiger partial charge >= 0.3 is 6.03 Å². The summed E-state index contributed by atoms with van der Waals surface area (Å²) in [5.74, 6) is 0.792. The molecule has 0 aliphatic carbocycles. The van der Waals surface area contributed by atoms with Crippen molar-refractivity contribution in [1.29, 1.82) is 0 Å². The van der Waals surface area contributed by atoms with Crippen LogP contribution < -0.4 is 14.8 Å². The normalized spacial score (nSPS) is 14.6. The molecule has 2 heterocycles. The Labute approximate surface area is 197 Å². The maximum atomic E-state index is 13.8. The molecule has 4 aromatic rings. The molecule has 1 aliphatic rings. The highest BCUT2D eigenvalue weighted by molar-refractivity contribution is 5.92. The van der Waals surface area contributed by atoms with E-state index in [-0.39, 0.29) is 11.8 Å². The molecule has 1 aliphatic heterocycles. The molecule has 34 heavy (non-hydrogen) atoms. The summed E-state index contributed by atoms with van der Waals surface area (Å²) in [5.41, 5.74) is 4.21. The number of benzene rings is 3. The third-order valence-corrected chi connectivity index (χ3v) is 6.06. The minimum Gasteiger partial charge on any atom is -0.497 e. The second kappa shape index (κ2) is 8.94. The van der Waals surface area contributed by atoms with Crippen molar-refractivity contribution in [1.82, 2.24) is 9.47 Å². The Bertz CT molecular complexity index is 1330. The van der Waals surface area contributed by atoms with E-state index in [9.17, 15) is 9.18 Å². The molecule has 1 atom stereocenters. The van der Waals surface area contributed by atoms with Crippen LogP contribution in [0.25, 0.3) is 5.69 Å². The second-order valence-corrected chi connectivity index (χ2v) is 8.01. The lowest BCUT2D eigenvalue weighted by atomic mass is 10.0. The van der Waals surface area contributed by atoms with Crippen LogP contribution in [0.1, 0.15) is 22.9 Å². The fraction of sp³-hybridized carbons (Fsp3) is 0.148. The summed E-state index contributed by atoms with van der Waals surface area (Å²) >= 11 is 0. The molecular weight excluding hydrogens is 433 g/mol. The van der Waals surface area contributed by atoms with E-state index in [1.54, 1.807) is 49.5 Å². The molecule has 1 aromatic heterocycles. The number of aromatic nitrogens is 1. The lowest BCUT2D eigenvalue weighted by Crippen LogP contribution is -2.38. The Morgan fingerprint density at radius 1 is 0.971 bits per heavy atom. The number of carbonyl (C=O) groups is 1. The van der Waals surface area contributed by atoms with Crippen LogP contribution in [0.4, 0.5) is 14.9 Å². The number of ether oxygens (including phenoxy) is 2.